The molecule has 0 unspecified atom stereocenters. The number of nitrogens with one attached hydrogen (secondary N) is 2. The lowest BCUT2D eigenvalue weighted by atomic mass is 10.1. The van der Waals surface area contributed by atoms with Gasteiger partial charge < -0.3 is 0 Å². The Bertz CT molecular complexity index is 387. The van der Waals surface area contributed by atoms with E-state index in [1.165, 1.54) is 0 Å². The molecule has 0 fully saturated rings. The summed E-state index contributed by atoms with van der Waals surface area (Å²) in [5.74, 6) is -0.694. The minimum Gasteiger partial charge on any atom is -0.277 e. The van der Waals surface area contributed by atoms with Crippen LogP contribution >= 0.6 is 0 Å². The maximum atomic E-state index is 12.2. The molecule has 0 saturated carbocycles. The van der Waals surface area contributed by atoms with Crippen LogP contribution < -0.4 is 10.9 Å². The molecule has 16 heavy (non-hydrogen) atoms. The van der Waals surface area contributed by atoms with Crippen molar-refractivity contribution in [1.29, 1.82) is 0 Å². The van der Waals surface area contributed by atoms with E-state index in [4.69, 9.17) is 0 Å². The lowest BCUT2D eigenvalue weighted by Crippen LogP contribution is -2.36. The molecule has 0 aromatic heterocycles. The first-order valence-corrected chi connectivity index (χ1v) is 4.12. The summed E-state index contributed by atoms with van der Waals surface area (Å²) in [6.07, 6.45) is -4.20. The van der Waals surface area contributed by atoms with Crippen LogP contribution in [0.15, 0.2) is 24.3 Å². The third-order valence-corrected chi connectivity index (χ3v) is 1.72. The van der Waals surface area contributed by atoms with E-state index in [1.54, 1.807) is 0 Å². The summed E-state index contributed by atoms with van der Waals surface area (Å²) >= 11 is 0. The third-order valence-electron chi connectivity index (χ3n) is 1.72. The van der Waals surface area contributed by atoms with Gasteiger partial charge in [0.25, 0.3) is 5.91 Å². The van der Waals surface area contributed by atoms with Crippen LogP contribution in [-0.4, -0.2) is 12.3 Å². The quantitative estimate of drug-likeness (QED) is 0.605. The SMILES string of the molecule is O=CNNC(=O)c1ccc(C(F)(F)F)cc1. The van der Waals surface area contributed by atoms with Crippen molar-refractivity contribution >= 4 is 12.3 Å². The van der Waals surface area contributed by atoms with Crippen molar-refractivity contribution in [3.63, 3.8) is 0 Å². The highest BCUT2D eigenvalue weighted by atomic mass is 19.4. The molecule has 1 aromatic carbocycles. The van der Waals surface area contributed by atoms with E-state index >= 15 is 0 Å². The van der Waals surface area contributed by atoms with Crippen LogP contribution in [0.3, 0.4) is 0 Å². The molecule has 0 atom stereocenters. The lowest BCUT2D eigenvalue weighted by Gasteiger charge is -2.07. The molecule has 1 rings (SSSR count). The van der Waals surface area contributed by atoms with Gasteiger partial charge in [0.2, 0.25) is 6.41 Å². The number of alkyl halides is 3. The van der Waals surface area contributed by atoms with Crippen LogP contribution in [0.5, 0.6) is 0 Å². The van der Waals surface area contributed by atoms with Gasteiger partial charge in [-0.05, 0) is 24.3 Å². The van der Waals surface area contributed by atoms with Gasteiger partial charge in [0, 0.05) is 5.56 Å². The van der Waals surface area contributed by atoms with Crippen molar-refractivity contribution < 1.29 is 22.8 Å². The molecule has 0 spiro atoms. The van der Waals surface area contributed by atoms with Gasteiger partial charge in [-0.2, -0.15) is 13.2 Å². The smallest absolute Gasteiger partial charge is 0.277 e. The van der Waals surface area contributed by atoms with Crippen molar-refractivity contribution in [1.82, 2.24) is 10.9 Å². The van der Waals surface area contributed by atoms with Crippen molar-refractivity contribution in [2.24, 2.45) is 0 Å². The first-order chi connectivity index (χ1) is 7.45. The Morgan fingerprint density at radius 1 is 1.19 bits per heavy atom. The number of hydrazine groups is 1. The van der Waals surface area contributed by atoms with E-state index in [1.807, 2.05) is 10.9 Å². The molecule has 0 bridgehead atoms. The molecular formula is C9H7F3N2O2. The van der Waals surface area contributed by atoms with E-state index in [0.717, 1.165) is 24.3 Å². The Morgan fingerprint density at radius 3 is 2.19 bits per heavy atom. The number of hydrogen-bond donors (Lipinski definition) is 2. The fourth-order valence-electron chi connectivity index (χ4n) is 0.978. The molecule has 1 aromatic rings. The zero-order chi connectivity index (χ0) is 12.2. The molecule has 86 valence electrons. The summed E-state index contributed by atoms with van der Waals surface area (Å²) in [5.41, 5.74) is 3.03. The van der Waals surface area contributed by atoms with E-state index < -0.39 is 17.6 Å². The number of carbonyl (C=O) groups excluding carboxylic acids is 2. The highest BCUT2D eigenvalue weighted by Crippen LogP contribution is 2.28. The summed E-state index contributed by atoms with van der Waals surface area (Å²) in [4.78, 5) is 21.0. The Morgan fingerprint density at radius 2 is 1.75 bits per heavy atom. The van der Waals surface area contributed by atoms with Crippen molar-refractivity contribution in [2.75, 3.05) is 0 Å². The van der Waals surface area contributed by atoms with Crippen LogP contribution in [0.4, 0.5) is 13.2 Å². The monoisotopic (exact) mass is 232 g/mol. The predicted molar refractivity (Wildman–Crippen MR) is 48.1 cm³/mol. The highest BCUT2D eigenvalue weighted by molar-refractivity contribution is 5.94. The minimum absolute atomic E-state index is 0.0161. The summed E-state index contributed by atoms with van der Waals surface area (Å²) < 4.78 is 36.5. The number of halogens is 3. The Hall–Kier alpha value is -2.05. The molecule has 0 aliphatic rings. The average molecular weight is 232 g/mol. The largest absolute Gasteiger partial charge is 0.416 e. The average Bonchev–Trinajstić information content (AvgIpc) is 2.25. The maximum Gasteiger partial charge on any atom is 0.416 e. The predicted octanol–water partition coefficient (Wildman–Crippen LogP) is 1.10. The Labute approximate surface area is 88.4 Å². The normalized spacial score (nSPS) is 10.7. The van der Waals surface area contributed by atoms with Gasteiger partial charge in [-0.1, -0.05) is 0 Å². The van der Waals surface area contributed by atoms with Gasteiger partial charge in [-0.15, -0.1) is 0 Å². The second-order valence-electron chi connectivity index (χ2n) is 2.79. The molecule has 0 heterocycles. The fraction of sp³-hybridized carbons (Fsp3) is 0.111. The second kappa shape index (κ2) is 4.65. The molecular weight excluding hydrogens is 225 g/mol. The standard InChI is InChI=1S/C9H7F3N2O2/c10-9(11,12)7-3-1-6(2-4-7)8(16)14-13-5-15/h1-5H,(H,13,15)(H,14,16). The number of carbonyl (C=O) groups is 2. The summed E-state index contributed by atoms with van der Waals surface area (Å²) in [6.45, 7) is 0. The van der Waals surface area contributed by atoms with E-state index in [0.29, 0.717) is 0 Å². The molecule has 0 aliphatic heterocycles. The molecule has 0 saturated heterocycles. The summed E-state index contributed by atoms with van der Waals surface area (Å²) in [7, 11) is 0. The van der Waals surface area contributed by atoms with Crippen LogP contribution in [0.1, 0.15) is 15.9 Å². The molecule has 7 heteroatoms. The van der Waals surface area contributed by atoms with E-state index in [2.05, 4.69) is 0 Å². The van der Waals surface area contributed by atoms with Crippen LogP contribution in [0, 0.1) is 0 Å². The zero-order valence-corrected chi connectivity index (χ0v) is 7.84. The first kappa shape index (κ1) is 12.0. The lowest BCUT2D eigenvalue weighted by molar-refractivity contribution is -0.137. The van der Waals surface area contributed by atoms with Crippen molar-refractivity contribution in [3.05, 3.63) is 35.4 Å². The topological polar surface area (TPSA) is 58.2 Å². The maximum absolute atomic E-state index is 12.2. The molecule has 2 amide bonds. The highest BCUT2D eigenvalue weighted by Gasteiger charge is 2.30. The Kier molecular flexibility index (Phi) is 3.49. The van der Waals surface area contributed by atoms with Gasteiger partial charge in [0.15, 0.2) is 0 Å². The Balaban J connectivity index is 2.79. The third kappa shape index (κ3) is 2.97. The van der Waals surface area contributed by atoms with Crippen molar-refractivity contribution in [2.45, 2.75) is 6.18 Å². The van der Waals surface area contributed by atoms with E-state index in [9.17, 15) is 22.8 Å². The van der Waals surface area contributed by atoms with Crippen LogP contribution in [0.25, 0.3) is 0 Å². The first-order valence-electron chi connectivity index (χ1n) is 4.12. The van der Waals surface area contributed by atoms with E-state index in [-0.39, 0.29) is 12.0 Å². The zero-order valence-electron chi connectivity index (χ0n) is 7.84. The number of benzene rings is 1. The van der Waals surface area contributed by atoms with Crippen LogP contribution in [-0.2, 0) is 11.0 Å². The van der Waals surface area contributed by atoms with Crippen LogP contribution in [0.2, 0.25) is 0 Å². The number of rotatable bonds is 3. The summed E-state index contributed by atoms with van der Waals surface area (Å²) in [6, 6.07) is 3.61. The van der Waals surface area contributed by atoms with Gasteiger partial charge in [0.1, 0.15) is 0 Å². The molecule has 2 N–H and O–H groups in total. The summed E-state index contributed by atoms with van der Waals surface area (Å²) in [5, 5.41) is 0. The molecule has 0 aliphatic carbocycles. The van der Waals surface area contributed by atoms with Gasteiger partial charge in [-0.25, -0.2) is 0 Å². The van der Waals surface area contributed by atoms with Gasteiger partial charge >= 0.3 is 6.18 Å². The minimum atomic E-state index is -4.43. The molecule has 4 nitrogen and oxygen atoms in total. The van der Waals surface area contributed by atoms with Gasteiger partial charge in [0.05, 0.1) is 5.56 Å². The number of amides is 2. The fourth-order valence-corrected chi connectivity index (χ4v) is 0.978. The second-order valence-corrected chi connectivity index (χ2v) is 2.79. The molecule has 0 radical (unpaired) electrons. The van der Waals surface area contributed by atoms with Crippen molar-refractivity contribution in [3.8, 4) is 0 Å². The number of hydrogen-bond acceptors (Lipinski definition) is 2. The van der Waals surface area contributed by atoms with Gasteiger partial charge in [-0.3, -0.25) is 20.4 Å².